The lowest BCUT2D eigenvalue weighted by Crippen LogP contribution is -2.45. The first-order valence-electron chi connectivity index (χ1n) is 10.9. The van der Waals surface area contributed by atoms with Gasteiger partial charge in [-0.3, -0.25) is 24.1 Å². The van der Waals surface area contributed by atoms with E-state index in [2.05, 4.69) is 9.69 Å². The molecule has 11 nitrogen and oxygen atoms in total. The zero-order valence-electron chi connectivity index (χ0n) is 19.9. The Morgan fingerprint density at radius 1 is 1.11 bits per heavy atom. The van der Waals surface area contributed by atoms with E-state index in [1.54, 1.807) is 19.1 Å². The number of hydrogen-bond donors (Lipinski definition) is 3. The molecule has 3 aromatic rings. The number of halogens is 1. The minimum absolute atomic E-state index is 0.111. The third-order valence-electron chi connectivity index (χ3n) is 5.13. The monoisotopic (exact) mass is 529 g/mol. The summed E-state index contributed by atoms with van der Waals surface area (Å²) in [5.74, 6) is -3.24. The molecular weight excluding hydrogens is 505 g/mol. The van der Waals surface area contributed by atoms with E-state index in [0.29, 0.717) is 17.3 Å². The number of rotatable bonds is 10. The van der Waals surface area contributed by atoms with E-state index >= 15 is 0 Å². The number of ether oxygens (including phenoxy) is 2. The molecule has 0 spiro atoms. The molecule has 3 rings (SSSR count). The summed E-state index contributed by atoms with van der Waals surface area (Å²) in [4.78, 5) is 51.8. The van der Waals surface area contributed by atoms with Crippen molar-refractivity contribution in [3.8, 4) is 5.75 Å². The van der Waals surface area contributed by atoms with Crippen LogP contribution in [-0.2, 0) is 14.3 Å². The van der Waals surface area contributed by atoms with Gasteiger partial charge in [0.05, 0.1) is 19.4 Å². The van der Waals surface area contributed by atoms with Crippen LogP contribution in [0.2, 0.25) is 0 Å². The van der Waals surface area contributed by atoms with Gasteiger partial charge in [0.2, 0.25) is 5.91 Å². The van der Waals surface area contributed by atoms with Crippen LogP contribution in [0, 0.1) is 5.82 Å². The van der Waals surface area contributed by atoms with Crippen LogP contribution >= 0.6 is 11.5 Å². The van der Waals surface area contributed by atoms with Gasteiger partial charge in [0.15, 0.2) is 5.69 Å². The SMILES string of the molecule is CCOC(=O)CNC(=O)[C@H](c1ccc(F)cc1)N(C(=O)c1snc(C(N)=O)c1N)c1ccc(OC)cc1. The number of hydrogen-bond acceptors (Lipinski definition) is 9. The topological polar surface area (TPSA) is 167 Å². The molecule has 0 radical (unpaired) electrons. The Labute approximate surface area is 215 Å². The van der Waals surface area contributed by atoms with Crippen LogP contribution < -0.4 is 26.4 Å². The molecule has 1 heterocycles. The molecule has 13 heteroatoms. The van der Waals surface area contributed by atoms with E-state index in [1.807, 2.05) is 0 Å². The second-order valence-electron chi connectivity index (χ2n) is 7.49. The van der Waals surface area contributed by atoms with Gasteiger partial charge >= 0.3 is 5.97 Å². The maximum atomic E-state index is 13.9. The molecule has 37 heavy (non-hydrogen) atoms. The lowest BCUT2D eigenvalue weighted by molar-refractivity contribution is -0.143. The molecule has 194 valence electrons. The molecule has 3 amide bonds. The van der Waals surface area contributed by atoms with Gasteiger partial charge in [-0.15, -0.1) is 0 Å². The maximum Gasteiger partial charge on any atom is 0.325 e. The largest absolute Gasteiger partial charge is 0.497 e. The molecule has 2 aromatic carbocycles. The van der Waals surface area contributed by atoms with E-state index in [0.717, 1.165) is 17.0 Å². The molecule has 0 aliphatic heterocycles. The Morgan fingerprint density at radius 3 is 2.30 bits per heavy atom. The number of primary amides is 1. The predicted octanol–water partition coefficient (Wildman–Crippen LogP) is 2.04. The zero-order chi connectivity index (χ0) is 27.1. The highest BCUT2D eigenvalue weighted by Crippen LogP contribution is 2.34. The minimum atomic E-state index is -1.39. The lowest BCUT2D eigenvalue weighted by atomic mass is 10.0. The van der Waals surface area contributed by atoms with E-state index in [1.165, 1.54) is 31.4 Å². The van der Waals surface area contributed by atoms with Gasteiger partial charge in [-0.1, -0.05) is 12.1 Å². The molecular formula is C24H24FN5O6S. The van der Waals surface area contributed by atoms with Crippen molar-refractivity contribution in [2.24, 2.45) is 5.73 Å². The highest BCUT2D eigenvalue weighted by molar-refractivity contribution is 7.09. The molecule has 0 aliphatic carbocycles. The number of nitrogens with zero attached hydrogens (tertiary/aromatic N) is 2. The Morgan fingerprint density at radius 2 is 1.76 bits per heavy atom. The number of carbonyl (C=O) groups is 4. The van der Waals surface area contributed by atoms with Crippen molar-refractivity contribution in [1.29, 1.82) is 0 Å². The molecule has 0 fully saturated rings. The molecule has 0 saturated carbocycles. The van der Waals surface area contributed by atoms with Crippen LogP contribution in [0.4, 0.5) is 15.8 Å². The maximum absolute atomic E-state index is 13.9. The van der Waals surface area contributed by atoms with Crippen molar-refractivity contribution in [2.45, 2.75) is 13.0 Å². The number of anilines is 2. The number of esters is 1. The Kier molecular flexibility index (Phi) is 8.74. The number of amides is 3. The summed E-state index contributed by atoms with van der Waals surface area (Å²) >= 11 is 0.637. The standard InChI is InChI=1S/C24H24FN5O6S/c1-3-36-17(31)12-28-23(33)20(13-4-6-14(25)7-5-13)30(15-8-10-16(35-2)11-9-15)24(34)21-18(26)19(22(27)32)29-37-21/h4-11,20H,3,12,26H2,1-2H3,(H2,27,32)(H,28,33)/t20-/m0/s1. The summed E-state index contributed by atoms with van der Waals surface area (Å²) in [6.07, 6.45) is 0. The molecule has 0 aliphatic rings. The lowest BCUT2D eigenvalue weighted by Gasteiger charge is -2.31. The van der Waals surface area contributed by atoms with Crippen molar-refractivity contribution in [3.05, 3.63) is 70.5 Å². The van der Waals surface area contributed by atoms with Crippen LogP contribution in [0.25, 0.3) is 0 Å². The third-order valence-corrected chi connectivity index (χ3v) is 5.98. The van der Waals surface area contributed by atoms with Crippen molar-refractivity contribution >= 4 is 46.6 Å². The third kappa shape index (κ3) is 6.19. The van der Waals surface area contributed by atoms with Gasteiger partial charge in [-0.2, -0.15) is 4.37 Å². The van der Waals surface area contributed by atoms with Crippen LogP contribution in [0.3, 0.4) is 0 Å². The van der Waals surface area contributed by atoms with Crippen molar-refractivity contribution in [2.75, 3.05) is 30.9 Å². The molecule has 0 unspecified atom stereocenters. The van der Waals surface area contributed by atoms with Crippen LogP contribution in [-0.4, -0.2) is 48.3 Å². The van der Waals surface area contributed by atoms with E-state index in [-0.39, 0.29) is 34.1 Å². The first-order chi connectivity index (χ1) is 17.7. The number of nitrogen functional groups attached to an aromatic ring is 1. The van der Waals surface area contributed by atoms with Gasteiger partial charge in [-0.05, 0) is 60.4 Å². The Hall–Kier alpha value is -4.52. The fourth-order valence-corrected chi connectivity index (χ4v) is 4.14. The first-order valence-corrected chi connectivity index (χ1v) is 11.7. The summed E-state index contributed by atoms with van der Waals surface area (Å²) in [7, 11) is 1.46. The number of benzene rings is 2. The molecule has 0 bridgehead atoms. The van der Waals surface area contributed by atoms with E-state index in [9.17, 15) is 23.6 Å². The van der Waals surface area contributed by atoms with Crippen LogP contribution in [0.1, 0.15) is 38.7 Å². The predicted molar refractivity (Wildman–Crippen MR) is 134 cm³/mol. The van der Waals surface area contributed by atoms with E-state index in [4.69, 9.17) is 20.9 Å². The van der Waals surface area contributed by atoms with Crippen molar-refractivity contribution in [1.82, 2.24) is 9.69 Å². The molecule has 1 aromatic heterocycles. The number of methoxy groups -OCH3 is 1. The number of nitrogens with two attached hydrogens (primary N) is 2. The van der Waals surface area contributed by atoms with Gasteiger partial charge < -0.3 is 26.3 Å². The van der Waals surface area contributed by atoms with Gasteiger partial charge in [0.1, 0.15) is 29.0 Å². The minimum Gasteiger partial charge on any atom is -0.497 e. The fraction of sp³-hybridized carbons (Fsp3) is 0.208. The first kappa shape index (κ1) is 27.1. The van der Waals surface area contributed by atoms with Crippen LogP contribution in [0.5, 0.6) is 5.75 Å². The van der Waals surface area contributed by atoms with Gasteiger partial charge in [0.25, 0.3) is 11.8 Å². The highest BCUT2D eigenvalue weighted by Gasteiger charge is 2.36. The summed E-state index contributed by atoms with van der Waals surface area (Å²) < 4.78 is 27.6. The second-order valence-corrected chi connectivity index (χ2v) is 8.26. The molecule has 5 N–H and O–H groups in total. The molecule has 1 atom stereocenters. The smallest absolute Gasteiger partial charge is 0.325 e. The number of aromatic nitrogens is 1. The van der Waals surface area contributed by atoms with Gasteiger partial charge in [0, 0.05) is 5.69 Å². The Bertz CT molecular complexity index is 1300. The normalized spacial score (nSPS) is 11.3. The molecule has 0 saturated heterocycles. The Balaban J connectivity index is 2.15. The second kappa shape index (κ2) is 11.9. The van der Waals surface area contributed by atoms with E-state index < -0.39 is 42.1 Å². The summed E-state index contributed by atoms with van der Waals surface area (Å²) in [6.45, 7) is 1.26. The van der Waals surface area contributed by atoms with Crippen LogP contribution in [0.15, 0.2) is 48.5 Å². The van der Waals surface area contributed by atoms with Gasteiger partial charge in [-0.25, -0.2) is 4.39 Å². The van der Waals surface area contributed by atoms with Crippen molar-refractivity contribution in [3.63, 3.8) is 0 Å². The number of carbonyl (C=O) groups excluding carboxylic acids is 4. The summed E-state index contributed by atoms with van der Waals surface area (Å²) in [5, 5.41) is 2.45. The quantitative estimate of drug-likeness (QED) is 0.335. The fourth-order valence-electron chi connectivity index (χ4n) is 3.40. The summed E-state index contributed by atoms with van der Waals surface area (Å²) in [5.41, 5.74) is 11.2. The number of nitrogens with one attached hydrogen (secondary N) is 1. The van der Waals surface area contributed by atoms with Crippen molar-refractivity contribution < 1.29 is 33.0 Å². The average molecular weight is 530 g/mol. The zero-order valence-corrected chi connectivity index (χ0v) is 20.7. The highest BCUT2D eigenvalue weighted by atomic mass is 32.1. The summed E-state index contributed by atoms with van der Waals surface area (Å²) in [6, 6.07) is 9.72. The average Bonchev–Trinajstić information content (AvgIpc) is 3.28.